The van der Waals surface area contributed by atoms with E-state index in [4.69, 9.17) is 4.42 Å². The average molecular weight is 344 g/mol. The van der Waals surface area contributed by atoms with Gasteiger partial charge in [-0.1, -0.05) is 74.5 Å². The van der Waals surface area contributed by atoms with Crippen LogP contribution in [0.4, 0.5) is 5.88 Å². The molecule has 0 atom stereocenters. The number of nitrogens with zero attached hydrogens (tertiary/aromatic N) is 1. The van der Waals surface area contributed by atoms with Gasteiger partial charge in [0.15, 0.2) is 0 Å². The largest absolute Gasteiger partial charge is 0.438 e. The highest BCUT2D eigenvalue weighted by atomic mass is 16.4. The highest BCUT2D eigenvalue weighted by Crippen LogP contribution is 2.41. The number of amides is 1. The topological polar surface area (TPSA) is 66.0 Å². The van der Waals surface area contributed by atoms with Gasteiger partial charge in [0.25, 0.3) is 0 Å². The number of rotatable bonds is 5. The van der Waals surface area contributed by atoms with Gasteiger partial charge in [-0.15, -0.1) is 0 Å². The van der Waals surface area contributed by atoms with Crippen LogP contribution in [0.25, 0.3) is 22.5 Å². The quantitative estimate of drug-likeness (QED) is 0.667. The molecule has 130 valence electrons. The van der Waals surface area contributed by atoms with Crippen LogP contribution in [-0.2, 0) is 4.79 Å². The lowest BCUT2D eigenvalue weighted by Crippen LogP contribution is -2.14. The van der Waals surface area contributed by atoms with Gasteiger partial charge in [-0.05, 0) is 11.5 Å². The Morgan fingerprint density at radius 3 is 2.15 bits per heavy atom. The summed E-state index contributed by atoms with van der Waals surface area (Å²) in [6, 6.07) is 21.4. The fourth-order valence-electron chi connectivity index (χ4n) is 2.85. The molecule has 1 heterocycles. The molecule has 0 bridgehead atoms. The maximum absolute atomic E-state index is 12.2. The number of hydrogen-bond donors (Lipinski definition) is 1. The Kier molecular flexibility index (Phi) is 5.19. The van der Waals surface area contributed by atoms with E-state index >= 15 is 0 Å². The number of carbonyl (C=O) groups is 1. The summed E-state index contributed by atoms with van der Waals surface area (Å²) in [5.41, 5.74) is 2.76. The van der Waals surface area contributed by atoms with Crippen molar-refractivity contribution < 1.29 is 9.21 Å². The summed E-state index contributed by atoms with van der Waals surface area (Å²) in [7, 11) is 0. The first-order valence-electron chi connectivity index (χ1n) is 8.57. The van der Waals surface area contributed by atoms with Gasteiger partial charge in [0.05, 0.1) is 0 Å². The first-order chi connectivity index (χ1) is 12.6. The van der Waals surface area contributed by atoms with Crippen LogP contribution in [-0.4, -0.2) is 5.91 Å². The van der Waals surface area contributed by atoms with Crippen molar-refractivity contribution >= 4 is 11.8 Å². The minimum Gasteiger partial charge on any atom is -0.438 e. The highest BCUT2D eigenvalue weighted by Gasteiger charge is 2.24. The minimum absolute atomic E-state index is 0.163. The number of anilines is 1. The number of carbonyl (C=O) groups excluding carboxylic acids is 1. The van der Waals surface area contributed by atoms with Gasteiger partial charge in [0.1, 0.15) is 17.4 Å². The third kappa shape index (κ3) is 3.68. The number of nitrogens with one attached hydrogen (secondary N) is 1. The zero-order chi connectivity index (χ0) is 18.5. The molecule has 0 aliphatic rings. The van der Waals surface area contributed by atoms with Crippen LogP contribution in [0.2, 0.25) is 0 Å². The minimum atomic E-state index is -0.163. The van der Waals surface area contributed by atoms with E-state index in [1.165, 1.54) is 0 Å². The lowest BCUT2D eigenvalue weighted by Gasteiger charge is -2.04. The van der Waals surface area contributed by atoms with E-state index < -0.39 is 0 Å². The normalized spacial score (nSPS) is 10.5. The van der Waals surface area contributed by atoms with Gasteiger partial charge in [-0.2, -0.15) is 5.26 Å². The Balaban J connectivity index is 2.14. The second kappa shape index (κ2) is 7.71. The molecule has 0 aliphatic carbocycles. The second-order valence-corrected chi connectivity index (χ2v) is 6.50. The molecule has 1 N–H and O–H groups in total. The van der Waals surface area contributed by atoms with E-state index in [0.717, 1.165) is 11.1 Å². The molecule has 0 radical (unpaired) electrons. The molecular formula is C22H20N2O2. The predicted molar refractivity (Wildman–Crippen MR) is 102 cm³/mol. The van der Waals surface area contributed by atoms with Crippen molar-refractivity contribution in [3.05, 3.63) is 66.2 Å². The van der Waals surface area contributed by atoms with Crippen molar-refractivity contribution in [2.45, 2.75) is 20.3 Å². The summed E-state index contributed by atoms with van der Waals surface area (Å²) >= 11 is 0. The monoisotopic (exact) mass is 344 g/mol. The van der Waals surface area contributed by atoms with Crippen molar-refractivity contribution in [3.63, 3.8) is 0 Å². The molecule has 2 aromatic carbocycles. The second-order valence-electron chi connectivity index (χ2n) is 6.50. The summed E-state index contributed by atoms with van der Waals surface area (Å²) in [6.45, 7) is 3.94. The third-order valence-electron chi connectivity index (χ3n) is 3.97. The van der Waals surface area contributed by atoms with Crippen LogP contribution in [0.15, 0.2) is 65.1 Å². The van der Waals surface area contributed by atoms with Gasteiger partial charge in [0.2, 0.25) is 11.8 Å². The molecule has 0 saturated carbocycles. The molecule has 0 spiro atoms. The van der Waals surface area contributed by atoms with Crippen molar-refractivity contribution in [2.75, 3.05) is 5.32 Å². The molecule has 1 aromatic heterocycles. The molecule has 1 amide bonds. The van der Waals surface area contributed by atoms with Crippen LogP contribution in [0.1, 0.15) is 25.8 Å². The zero-order valence-corrected chi connectivity index (χ0v) is 14.8. The van der Waals surface area contributed by atoms with Gasteiger partial charge in [-0.3, -0.25) is 10.1 Å². The highest BCUT2D eigenvalue weighted by molar-refractivity contribution is 5.95. The van der Waals surface area contributed by atoms with Crippen LogP contribution in [0.5, 0.6) is 0 Å². The number of furan rings is 1. The van der Waals surface area contributed by atoms with Crippen molar-refractivity contribution in [1.29, 1.82) is 5.26 Å². The van der Waals surface area contributed by atoms with E-state index in [1.54, 1.807) is 0 Å². The van der Waals surface area contributed by atoms with Gasteiger partial charge < -0.3 is 4.42 Å². The summed E-state index contributed by atoms with van der Waals surface area (Å²) < 4.78 is 5.98. The molecule has 4 heteroatoms. The fourth-order valence-corrected chi connectivity index (χ4v) is 2.85. The maximum Gasteiger partial charge on any atom is 0.226 e. The molecule has 3 aromatic rings. The Labute approximate surface area is 153 Å². The smallest absolute Gasteiger partial charge is 0.226 e. The summed E-state index contributed by atoms with van der Waals surface area (Å²) in [4.78, 5) is 12.2. The van der Waals surface area contributed by atoms with Gasteiger partial charge in [-0.25, -0.2) is 0 Å². The SMILES string of the molecule is CC(C)CC(=O)Nc1oc(-c2ccccc2)c(-c2ccccc2)c1C#N. The molecular weight excluding hydrogens is 324 g/mol. The Morgan fingerprint density at radius 1 is 1.04 bits per heavy atom. The number of nitriles is 1. The van der Waals surface area contributed by atoms with Crippen LogP contribution >= 0.6 is 0 Å². The van der Waals surface area contributed by atoms with Crippen LogP contribution in [0.3, 0.4) is 0 Å². The molecule has 3 rings (SSSR count). The van der Waals surface area contributed by atoms with Crippen LogP contribution in [0, 0.1) is 17.2 Å². The fraction of sp³-hybridized carbons (Fsp3) is 0.182. The van der Waals surface area contributed by atoms with E-state index in [2.05, 4.69) is 11.4 Å². The van der Waals surface area contributed by atoms with Gasteiger partial charge in [0, 0.05) is 17.5 Å². The maximum atomic E-state index is 12.2. The predicted octanol–water partition coefficient (Wildman–Crippen LogP) is 5.47. The molecule has 0 aliphatic heterocycles. The molecule has 0 fully saturated rings. The Morgan fingerprint density at radius 2 is 1.62 bits per heavy atom. The number of benzene rings is 2. The van der Waals surface area contributed by atoms with Crippen molar-refractivity contribution in [2.24, 2.45) is 5.92 Å². The number of hydrogen-bond acceptors (Lipinski definition) is 3. The summed E-state index contributed by atoms with van der Waals surface area (Å²) in [5.74, 6) is 0.839. The summed E-state index contributed by atoms with van der Waals surface area (Å²) in [5, 5.41) is 12.5. The lowest BCUT2D eigenvalue weighted by atomic mass is 9.98. The first kappa shape index (κ1) is 17.5. The van der Waals surface area contributed by atoms with E-state index in [-0.39, 0.29) is 17.7 Å². The van der Waals surface area contributed by atoms with E-state index in [1.807, 2.05) is 74.5 Å². The third-order valence-corrected chi connectivity index (χ3v) is 3.97. The summed E-state index contributed by atoms with van der Waals surface area (Å²) in [6.07, 6.45) is 0.368. The first-order valence-corrected chi connectivity index (χ1v) is 8.57. The Bertz CT molecular complexity index is 936. The zero-order valence-electron chi connectivity index (χ0n) is 14.8. The Hall–Kier alpha value is -3.32. The standard InChI is InChI=1S/C22H20N2O2/c1-15(2)13-19(25)24-22-18(14-23)20(16-9-5-3-6-10-16)21(26-22)17-11-7-4-8-12-17/h3-12,15H,13H2,1-2H3,(H,24,25). The molecule has 0 saturated heterocycles. The lowest BCUT2D eigenvalue weighted by molar-refractivity contribution is -0.116. The average Bonchev–Trinajstić information content (AvgIpc) is 3.00. The van der Waals surface area contributed by atoms with Crippen molar-refractivity contribution in [3.8, 4) is 28.5 Å². The van der Waals surface area contributed by atoms with Crippen LogP contribution < -0.4 is 5.32 Å². The molecule has 0 unspecified atom stereocenters. The van der Waals surface area contributed by atoms with Gasteiger partial charge >= 0.3 is 0 Å². The van der Waals surface area contributed by atoms with Crippen molar-refractivity contribution in [1.82, 2.24) is 0 Å². The van der Waals surface area contributed by atoms with E-state index in [9.17, 15) is 10.1 Å². The molecule has 26 heavy (non-hydrogen) atoms. The van der Waals surface area contributed by atoms with E-state index in [0.29, 0.717) is 23.3 Å². The molecule has 4 nitrogen and oxygen atoms in total.